The Bertz CT molecular complexity index is 190. The van der Waals surface area contributed by atoms with Gasteiger partial charge in [0.25, 0.3) is 0 Å². The lowest BCUT2D eigenvalue weighted by Gasteiger charge is -2.01. The molecule has 0 saturated heterocycles. The van der Waals surface area contributed by atoms with Crippen LogP contribution in [0.5, 0.6) is 0 Å². The molecule has 0 fully saturated rings. The average Bonchev–Trinajstić information content (AvgIpc) is 2.04. The lowest BCUT2D eigenvalue weighted by atomic mass is 10.3. The van der Waals surface area contributed by atoms with Crippen molar-refractivity contribution < 1.29 is 0 Å². The summed E-state index contributed by atoms with van der Waals surface area (Å²) in [5, 5.41) is 0. The molecule has 0 radical (unpaired) electrons. The van der Waals surface area contributed by atoms with Crippen molar-refractivity contribution in [3.8, 4) is 0 Å². The third-order valence-corrected chi connectivity index (χ3v) is 2.12. The van der Waals surface area contributed by atoms with Gasteiger partial charge in [-0.3, -0.25) is 4.98 Å². The van der Waals surface area contributed by atoms with E-state index in [9.17, 15) is 0 Å². The first-order valence-electron chi connectivity index (χ1n) is 3.05. The third kappa shape index (κ3) is 1.49. The standard InChI is InChI=1S/C7H10N2S/c1-10-7-5-9-3-2-6(7)4-8/h2-3,5H,4,8H2,1H3. The number of hydrogen-bond donors (Lipinski definition) is 1. The second kappa shape index (κ2) is 3.58. The van der Waals surface area contributed by atoms with Crippen molar-refractivity contribution in [3.05, 3.63) is 24.0 Å². The molecule has 2 N–H and O–H groups in total. The lowest BCUT2D eigenvalue weighted by molar-refractivity contribution is 1.01. The second-order valence-electron chi connectivity index (χ2n) is 1.89. The molecule has 2 nitrogen and oxygen atoms in total. The largest absolute Gasteiger partial charge is 0.326 e. The highest BCUT2D eigenvalue weighted by Crippen LogP contribution is 2.17. The highest BCUT2D eigenvalue weighted by atomic mass is 32.2. The first kappa shape index (κ1) is 7.57. The van der Waals surface area contributed by atoms with E-state index >= 15 is 0 Å². The topological polar surface area (TPSA) is 38.9 Å². The maximum Gasteiger partial charge on any atom is 0.0407 e. The van der Waals surface area contributed by atoms with Crippen LogP contribution in [-0.4, -0.2) is 11.2 Å². The van der Waals surface area contributed by atoms with E-state index in [0.717, 1.165) is 0 Å². The van der Waals surface area contributed by atoms with Gasteiger partial charge < -0.3 is 5.73 Å². The Morgan fingerprint density at radius 2 is 2.50 bits per heavy atom. The van der Waals surface area contributed by atoms with E-state index in [1.54, 1.807) is 18.0 Å². The monoisotopic (exact) mass is 154 g/mol. The van der Waals surface area contributed by atoms with Crippen LogP contribution in [0.25, 0.3) is 0 Å². The van der Waals surface area contributed by atoms with Gasteiger partial charge in [0.1, 0.15) is 0 Å². The van der Waals surface area contributed by atoms with E-state index in [4.69, 9.17) is 5.73 Å². The molecule has 0 aromatic carbocycles. The van der Waals surface area contributed by atoms with E-state index in [1.165, 1.54) is 10.5 Å². The van der Waals surface area contributed by atoms with E-state index in [2.05, 4.69) is 4.98 Å². The zero-order valence-corrected chi connectivity index (χ0v) is 6.69. The summed E-state index contributed by atoms with van der Waals surface area (Å²) >= 11 is 1.68. The molecular formula is C7H10N2S. The molecule has 1 heterocycles. The molecule has 0 aliphatic heterocycles. The Hall–Kier alpha value is -0.540. The summed E-state index contributed by atoms with van der Waals surface area (Å²) in [4.78, 5) is 5.16. The fourth-order valence-electron chi connectivity index (χ4n) is 0.761. The van der Waals surface area contributed by atoms with Gasteiger partial charge in [-0.05, 0) is 17.9 Å². The molecule has 1 aromatic heterocycles. The molecule has 0 bridgehead atoms. The van der Waals surface area contributed by atoms with E-state index < -0.39 is 0 Å². The molecule has 0 aliphatic rings. The maximum absolute atomic E-state index is 5.49. The molecule has 0 unspecified atom stereocenters. The van der Waals surface area contributed by atoms with Crippen molar-refractivity contribution in [1.82, 2.24) is 4.98 Å². The number of nitrogens with two attached hydrogens (primary N) is 1. The third-order valence-electron chi connectivity index (χ3n) is 1.31. The molecule has 1 aromatic rings. The predicted molar refractivity (Wildman–Crippen MR) is 43.9 cm³/mol. The van der Waals surface area contributed by atoms with Crippen LogP contribution in [0, 0.1) is 0 Å². The average molecular weight is 154 g/mol. The van der Waals surface area contributed by atoms with Gasteiger partial charge in [0.15, 0.2) is 0 Å². The SMILES string of the molecule is CSc1cnccc1CN. The number of aromatic nitrogens is 1. The van der Waals surface area contributed by atoms with Crippen LogP contribution in [0.2, 0.25) is 0 Å². The van der Waals surface area contributed by atoms with Crippen LogP contribution >= 0.6 is 11.8 Å². The quantitative estimate of drug-likeness (QED) is 0.652. The summed E-state index contributed by atoms with van der Waals surface area (Å²) < 4.78 is 0. The highest BCUT2D eigenvalue weighted by Gasteiger charge is 1.95. The molecule has 1 rings (SSSR count). The molecule has 0 saturated carbocycles. The lowest BCUT2D eigenvalue weighted by Crippen LogP contribution is -1.97. The molecular weight excluding hydrogens is 144 g/mol. The molecule has 10 heavy (non-hydrogen) atoms. The molecule has 3 heteroatoms. The number of hydrogen-bond acceptors (Lipinski definition) is 3. The van der Waals surface area contributed by atoms with Gasteiger partial charge in [-0.2, -0.15) is 0 Å². The first-order valence-corrected chi connectivity index (χ1v) is 4.28. The van der Waals surface area contributed by atoms with Crippen molar-refractivity contribution in [1.29, 1.82) is 0 Å². The smallest absolute Gasteiger partial charge is 0.0407 e. The summed E-state index contributed by atoms with van der Waals surface area (Å²) in [6.07, 6.45) is 5.63. The van der Waals surface area contributed by atoms with E-state index in [0.29, 0.717) is 6.54 Å². The van der Waals surface area contributed by atoms with Gasteiger partial charge >= 0.3 is 0 Å². The van der Waals surface area contributed by atoms with Crippen molar-refractivity contribution >= 4 is 11.8 Å². The maximum atomic E-state index is 5.49. The molecule has 54 valence electrons. The minimum Gasteiger partial charge on any atom is -0.326 e. The summed E-state index contributed by atoms with van der Waals surface area (Å²) in [6.45, 7) is 0.596. The van der Waals surface area contributed by atoms with Crippen LogP contribution in [0.3, 0.4) is 0 Å². The Morgan fingerprint density at radius 1 is 1.70 bits per heavy atom. The second-order valence-corrected chi connectivity index (χ2v) is 2.74. The van der Waals surface area contributed by atoms with Crippen molar-refractivity contribution in [2.24, 2.45) is 5.73 Å². The minimum absolute atomic E-state index is 0.596. The zero-order valence-electron chi connectivity index (χ0n) is 5.87. The predicted octanol–water partition coefficient (Wildman–Crippen LogP) is 1.26. The summed E-state index contributed by atoms with van der Waals surface area (Å²) in [6, 6.07) is 1.95. The van der Waals surface area contributed by atoms with Gasteiger partial charge in [-0.25, -0.2) is 0 Å². The fourth-order valence-corrected chi connectivity index (χ4v) is 1.34. The van der Waals surface area contributed by atoms with E-state index in [-0.39, 0.29) is 0 Å². The highest BCUT2D eigenvalue weighted by molar-refractivity contribution is 7.98. The van der Waals surface area contributed by atoms with Gasteiger partial charge in [0.2, 0.25) is 0 Å². The number of thioether (sulfide) groups is 1. The number of rotatable bonds is 2. The van der Waals surface area contributed by atoms with Crippen molar-refractivity contribution in [3.63, 3.8) is 0 Å². The Kier molecular flexibility index (Phi) is 2.71. The van der Waals surface area contributed by atoms with Crippen LogP contribution < -0.4 is 5.73 Å². The minimum atomic E-state index is 0.596. The molecule has 0 aliphatic carbocycles. The Morgan fingerprint density at radius 3 is 3.00 bits per heavy atom. The summed E-state index contributed by atoms with van der Waals surface area (Å²) in [7, 11) is 0. The van der Waals surface area contributed by atoms with Gasteiger partial charge in [-0.1, -0.05) is 0 Å². The number of pyridine rings is 1. The first-order chi connectivity index (χ1) is 4.88. The molecule has 0 atom stereocenters. The Labute approximate surface area is 64.8 Å². The summed E-state index contributed by atoms with van der Waals surface area (Å²) in [5.74, 6) is 0. The van der Waals surface area contributed by atoms with Crippen molar-refractivity contribution in [2.45, 2.75) is 11.4 Å². The van der Waals surface area contributed by atoms with Crippen molar-refractivity contribution in [2.75, 3.05) is 6.26 Å². The zero-order chi connectivity index (χ0) is 7.40. The molecule has 0 amide bonds. The van der Waals surface area contributed by atoms with Crippen LogP contribution in [0.1, 0.15) is 5.56 Å². The van der Waals surface area contributed by atoms with E-state index in [1.807, 2.05) is 18.5 Å². The summed E-state index contributed by atoms with van der Waals surface area (Å²) in [5.41, 5.74) is 6.65. The Balaban J connectivity index is 2.96. The van der Waals surface area contributed by atoms with Crippen LogP contribution in [-0.2, 0) is 6.54 Å². The normalized spacial score (nSPS) is 9.80. The number of nitrogens with zero attached hydrogens (tertiary/aromatic N) is 1. The van der Waals surface area contributed by atoms with Crippen LogP contribution in [0.15, 0.2) is 23.4 Å². The van der Waals surface area contributed by atoms with Gasteiger partial charge in [0, 0.05) is 23.8 Å². The fraction of sp³-hybridized carbons (Fsp3) is 0.286. The molecule has 0 spiro atoms. The van der Waals surface area contributed by atoms with Gasteiger partial charge in [0.05, 0.1) is 0 Å². The van der Waals surface area contributed by atoms with Crippen LogP contribution in [0.4, 0.5) is 0 Å². The van der Waals surface area contributed by atoms with Gasteiger partial charge in [-0.15, -0.1) is 11.8 Å².